The van der Waals surface area contributed by atoms with Crippen molar-refractivity contribution in [3.05, 3.63) is 51.4 Å². The van der Waals surface area contributed by atoms with Crippen LogP contribution < -0.4 is 5.73 Å². The summed E-state index contributed by atoms with van der Waals surface area (Å²) in [7, 11) is 0. The van der Waals surface area contributed by atoms with Crippen molar-refractivity contribution in [2.45, 2.75) is 6.10 Å². The van der Waals surface area contributed by atoms with Gasteiger partial charge in [-0.05, 0) is 0 Å². The van der Waals surface area contributed by atoms with Crippen LogP contribution in [0.5, 0.6) is 0 Å². The molecule has 0 spiro atoms. The Balaban J connectivity index is 2.40. The number of hydrogen-bond acceptors (Lipinski definition) is 6. The zero-order chi connectivity index (χ0) is 14.0. The van der Waals surface area contributed by atoms with E-state index in [1.807, 2.05) is 12.1 Å². The quantitative estimate of drug-likeness (QED) is 0.631. The molecular formula is C12H8N4O3. The first kappa shape index (κ1) is 12.4. The molecule has 1 aromatic rings. The molecule has 1 aromatic carbocycles. The van der Waals surface area contributed by atoms with Gasteiger partial charge in [-0.1, -0.05) is 12.1 Å². The van der Waals surface area contributed by atoms with Crippen molar-refractivity contribution in [3.63, 3.8) is 0 Å². The Morgan fingerprint density at radius 2 is 2.16 bits per heavy atom. The summed E-state index contributed by atoms with van der Waals surface area (Å²) in [6, 6.07) is 9.49. The number of ether oxygens (including phenoxy) is 1. The smallest absolute Gasteiger partial charge is 0.269 e. The molecular weight excluding hydrogens is 248 g/mol. The van der Waals surface area contributed by atoms with E-state index >= 15 is 0 Å². The van der Waals surface area contributed by atoms with Gasteiger partial charge in [0, 0.05) is 17.7 Å². The largest absolute Gasteiger partial charge is 0.469 e. The highest BCUT2D eigenvalue weighted by Crippen LogP contribution is 2.39. The summed E-state index contributed by atoms with van der Waals surface area (Å²) in [5.41, 5.74) is 5.91. The summed E-state index contributed by atoms with van der Waals surface area (Å²) >= 11 is 0. The Labute approximate surface area is 108 Å². The number of hydrogen-bond donors (Lipinski definition) is 1. The normalized spacial score (nSPS) is 21.4. The Kier molecular flexibility index (Phi) is 3.05. The molecule has 0 saturated carbocycles. The fourth-order valence-corrected chi connectivity index (χ4v) is 1.91. The topological polar surface area (TPSA) is 126 Å². The van der Waals surface area contributed by atoms with E-state index in [9.17, 15) is 10.1 Å². The maximum atomic E-state index is 10.7. The summed E-state index contributed by atoms with van der Waals surface area (Å²) in [6.07, 6.45) is -0.792. The van der Waals surface area contributed by atoms with Crippen molar-refractivity contribution in [2.75, 3.05) is 0 Å². The van der Waals surface area contributed by atoms with Crippen molar-refractivity contribution < 1.29 is 9.66 Å². The van der Waals surface area contributed by atoms with Crippen LogP contribution in [-0.2, 0) is 4.74 Å². The van der Waals surface area contributed by atoms with E-state index in [-0.39, 0.29) is 17.1 Å². The second-order valence-electron chi connectivity index (χ2n) is 3.89. The minimum Gasteiger partial charge on any atom is -0.469 e. The van der Waals surface area contributed by atoms with E-state index in [1.165, 1.54) is 18.2 Å². The lowest BCUT2D eigenvalue weighted by atomic mass is 9.92. The summed E-state index contributed by atoms with van der Waals surface area (Å²) in [6.45, 7) is 0. The molecule has 0 bridgehead atoms. The summed E-state index contributed by atoms with van der Waals surface area (Å²) in [4.78, 5) is 10.2. The van der Waals surface area contributed by atoms with Crippen LogP contribution in [-0.4, -0.2) is 4.92 Å². The number of non-ortho nitro benzene ring substituents is 1. The predicted octanol–water partition coefficient (Wildman–Crippen LogP) is 1.50. The van der Waals surface area contributed by atoms with Gasteiger partial charge in [-0.3, -0.25) is 10.1 Å². The third-order valence-corrected chi connectivity index (χ3v) is 2.80. The van der Waals surface area contributed by atoms with Gasteiger partial charge in [0.05, 0.1) is 11.0 Å². The Hall–Kier alpha value is -3.06. The molecule has 0 fully saturated rings. The first-order valence-corrected chi connectivity index (χ1v) is 5.29. The van der Waals surface area contributed by atoms with E-state index in [1.54, 1.807) is 6.07 Å². The average Bonchev–Trinajstić information content (AvgIpc) is 2.74. The molecule has 0 aromatic heterocycles. The molecule has 0 amide bonds. The molecule has 2 rings (SSSR count). The van der Waals surface area contributed by atoms with Crippen molar-refractivity contribution >= 4 is 5.69 Å². The van der Waals surface area contributed by atoms with Gasteiger partial charge in [0.2, 0.25) is 0 Å². The van der Waals surface area contributed by atoms with Crippen LogP contribution in [0.3, 0.4) is 0 Å². The third-order valence-electron chi connectivity index (χ3n) is 2.80. The van der Waals surface area contributed by atoms with Gasteiger partial charge in [-0.25, -0.2) is 0 Å². The molecule has 1 aliphatic rings. The van der Waals surface area contributed by atoms with E-state index < -0.39 is 16.9 Å². The number of nitro benzene ring substituents is 1. The molecule has 0 radical (unpaired) electrons. The number of nitrogens with two attached hydrogens (primary N) is 1. The Morgan fingerprint density at radius 3 is 2.74 bits per heavy atom. The van der Waals surface area contributed by atoms with E-state index in [0.717, 1.165) is 0 Å². The summed E-state index contributed by atoms with van der Waals surface area (Å²) in [5.74, 6) is -0.961. The summed E-state index contributed by atoms with van der Waals surface area (Å²) in [5, 5.41) is 28.7. The molecule has 19 heavy (non-hydrogen) atoms. The van der Waals surface area contributed by atoms with Crippen LogP contribution in [0, 0.1) is 38.7 Å². The molecule has 7 nitrogen and oxygen atoms in total. The second-order valence-corrected chi connectivity index (χ2v) is 3.89. The number of nitrogens with zero attached hydrogens (tertiary/aromatic N) is 3. The van der Waals surface area contributed by atoms with Crippen LogP contribution in [0.15, 0.2) is 35.7 Å². The highest BCUT2D eigenvalue weighted by molar-refractivity contribution is 5.42. The van der Waals surface area contributed by atoms with Gasteiger partial charge in [0.15, 0.2) is 5.88 Å². The molecule has 2 atom stereocenters. The molecule has 94 valence electrons. The zero-order valence-corrected chi connectivity index (χ0v) is 9.61. The molecule has 7 heteroatoms. The molecule has 0 saturated heterocycles. The fraction of sp³-hybridized carbons (Fsp3) is 0.167. The average molecular weight is 256 g/mol. The zero-order valence-electron chi connectivity index (χ0n) is 9.61. The minimum absolute atomic E-state index is 0.0546. The van der Waals surface area contributed by atoms with Gasteiger partial charge in [0.25, 0.3) is 5.69 Å². The van der Waals surface area contributed by atoms with Gasteiger partial charge in [0.1, 0.15) is 23.7 Å². The minimum atomic E-state index is -0.855. The number of rotatable bonds is 2. The van der Waals surface area contributed by atoms with Crippen molar-refractivity contribution in [3.8, 4) is 12.1 Å². The standard InChI is InChI=1S/C12H8N4O3/c13-5-9-10(6-14)12(15)19-11(9)7-2-1-3-8(4-7)16(17)18/h1-4,9,11H,15H2/t9-,11-/m0/s1. The van der Waals surface area contributed by atoms with Gasteiger partial charge in [-0.2, -0.15) is 10.5 Å². The van der Waals surface area contributed by atoms with Crippen LogP contribution in [0.4, 0.5) is 5.69 Å². The Morgan fingerprint density at radius 1 is 1.42 bits per heavy atom. The number of nitriles is 2. The predicted molar refractivity (Wildman–Crippen MR) is 62.9 cm³/mol. The van der Waals surface area contributed by atoms with E-state index in [0.29, 0.717) is 5.56 Å². The third kappa shape index (κ3) is 2.05. The van der Waals surface area contributed by atoms with Crippen LogP contribution in [0.1, 0.15) is 11.7 Å². The maximum absolute atomic E-state index is 10.7. The molecule has 2 N–H and O–H groups in total. The number of nitro groups is 1. The molecule has 0 aliphatic carbocycles. The SMILES string of the molecule is N#CC1=C(N)O[C@@H](c2cccc([N+](=O)[O-])c2)[C@H]1C#N. The van der Waals surface area contributed by atoms with Gasteiger partial charge < -0.3 is 10.5 Å². The lowest BCUT2D eigenvalue weighted by molar-refractivity contribution is -0.385. The molecule has 1 aliphatic heterocycles. The van der Waals surface area contributed by atoms with Crippen LogP contribution in [0.2, 0.25) is 0 Å². The highest BCUT2D eigenvalue weighted by atomic mass is 16.6. The number of benzene rings is 1. The Bertz CT molecular complexity index is 654. The molecule has 0 unspecified atom stereocenters. The van der Waals surface area contributed by atoms with Crippen LogP contribution in [0.25, 0.3) is 0 Å². The molecule has 1 heterocycles. The van der Waals surface area contributed by atoms with Crippen molar-refractivity contribution in [2.24, 2.45) is 11.7 Å². The highest BCUT2D eigenvalue weighted by Gasteiger charge is 2.38. The van der Waals surface area contributed by atoms with E-state index in [2.05, 4.69) is 0 Å². The lowest BCUT2D eigenvalue weighted by Crippen LogP contribution is -2.09. The van der Waals surface area contributed by atoms with Crippen molar-refractivity contribution in [1.82, 2.24) is 0 Å². The summed E-state index contributed by atoms with van der Waals surface area (Å²) < 4.78 is 5.28. The fourth-order valence-electron chi connectivity index (χ4n) is 1.91. The van der Waals surface area contributed by atoms with Crippen molar-refractivity contribution in [1.29, 1.82) is 10.5 Å². The lowest BCUT2D eigenvalue weighted by Gasteiger charge is -2.14. The first-order valence-electron chi connectivity index (χ1n) is 5.29. The monoisotopic (exact) mass is 256 g/mol. The first-order chi connectivity index (χ1) is 9.08. The van der Waals surface area contributed by atoms with Gasteiger partial charge >= 0.3 is 0 Å². The maximum Gasteiger partial charge on any atom is 0.269 e. The second kappa shape index (κ2) is 4.67. The van der Waals surface area contributed by atoms with E-state index in [4.69, 9.17) is 21.0 Å². The van der Waals surface area contributed by atoms with Crippen LogP contribution >= 0.6 is 0 Å². The van der Waals surface area contributed by atoms with Gasteiger partial charge in [-0.15, -0.1) is 0 Å².